The standard InChI is InChI=1S/C17H27N5O2.HI/c1-18-17(19-9-8-16(24)20(2)3)22-12-10-21(11-13-22)14-6-4-5-7-15(14)23;/h4-7,23H,8-13H2,1-3H3,(H,18,19);1H. The molecule has 1 saturated heterocycles. The maximum atomic E-state index is 11.6. The number of carbonyl (C=O) groups is 1. The lowest BCUT2D eigenvalue weighted by molar-refractivity contribution is -0.128. The van der Waals surface area contributed by atoms with Gasteiger partial charge in [-0.25, -0.2) is 0 Å². The van der Waals surface area contributed by atoms with Crippen molar-refractivity contribution in [3.63, 3.8) is 0 Å². The van der Waals surface area contributed by atoms with Crippen molar-refractivity contribution >= 4 is 41.5 Å². The second-order valence-electron chi connectivity index (χ2n) is 5.97. The highest BCUT2D eigenvalue weighted by molar-refractivity contribution is 14.0. The van der Waals surface area contributed by atoms with Crippen LogP contribution in [0.5, 0.6) is 5.75 Å². The molecule has 2 N–H and O–H groups in total. The Labute approximate surface area is 166 Å². The van der Waals surface area contributed by atoms with Gasteiger partial charge >= 0.3 is 0 Å². The molecule has 1 heterocycles. The number of anilines is 1. The van der Waals surface area contributed by atoms with Crippen LogP contribution in [0.15, 0.2) is 29.3 Å². The van der Waals surface area contributed by atoms with Gasteiger partial charge in [0.15, 0.2) is 5.96 Å². The lowest BCUT2D eigenvalue weighted by Crippen LogP contribution is -2.52. The van der Waals surface area contributed by atoms with Gasteiger partial charge in [-0.05, 0) is 12.1 Å². The molecule has 0 atom stereocenters. The van der Waals surface area contributed by atoms with E-state index in [1.165, 1.54) is 0 Å². The first kappa shape index (κ1) is 21.3. The van der Waals surface area contributed by atoms with E-state index in [1.54, 1.807) is 32.1 Å². The van der Waals surface area contributed by atoms with E-state index in [2.05, 4.69) is 20.1 Å². The molecule has 0 bridgehead atoms. The lowest BCUT2D eigenvalue weighted by Gasteiger charge is -2.37. The van der Waals surface area contributed by atoms with Crippen LogP contribution in [0, 0.1) is 0 Å². The summed E-state index contributed by atoms with van der Waals surface area (Å²) < 4.78 is 0. The number of rotatable bonds is 4. The molecule has 0 spiro atoms. The van der Waals surface area contributed by atoms with E-state index in [-0.39, 0.29) is 29.9 Å². The van der Waals surface area contributed by atoms with Gasteiger partial charge in [-0.15, -0.1) is 24.0 Å². The van der Waals surface area contributed by atoms with Crippen molar-refractivity contribution in [3.05, 3.63) is 24.3 Å². The zero-order chi connectivity index (χ0) is 17.5. The third-order valence-corrected chi connectivity index (χ3v) is 4.13. The minimum atomic E-state index is 0. The van der Waals surface area contributed by atoms with Crippen molar-refractivity contribution in [3.8, 4) is 5.75 Å². The first-order chi connectivity index (χ1) is 11.5. The minimum absolute atomic E-state index is 0. The average molecular weight is 461 g/mol. The van der Waals surface area contributed by atoms with Crippen LogP contribution in [0.4, 0.5) is 5.69 Å². The molecule has 0 aliphatic carbocycles. The summed E-state index contributed by atoms with van der Waals surface area (Å²) in [6, 6.07) is 7.41. The molecule has 25 heavy (non-hydrogen) atoms. The van der Waals surface area contributed by atoms with E-state index in [4.69, 9.17) is 0 Å². The van der Waals surface area contributed by atoms with Crippen LogP contribution in [0.2, 0.25) is 0 Å². The van der Waals surface area contributed by atoms with Gasteiger partial charge in [0.25, 0.3) is 0 Å². The Kier molecular flexibility index (Phi) is 8.81. The SMILES string of the molecule is CN=C(NCCC(=O)N(C)C)N1CCN(c2ccccc2O)CC1.I. The van der Waals surface area contributed by atoms with Crippen LogP contribution in [-0.2, 0) is 4.79 Å². The molecule has 1 aliphatic heterocycles. The summed E-state index contributed by atoms with van der Waals surface area (Å²) in [5, 5.41) is 13.2. The topological polar surface area (TPSA) is 71.4 Å². The molecule has 0 aromatic heterocycles. The predicted octanol–water partition coefficient (Wildman–Crippen LogP) is 1.19. The summed E-state index contributed by atoms with van der Waals surface area (Å²) in [5.41, 5.74) is 0.872. The zero-order valence-electron chi connectivity index (χ0n) is 15.1. The highest BCUT2D eigenvalue weighted by Crippen LogP contribution is 2.27. The fraction of sp³-hybridized carbons (Fsp3) is 0.529. The van der Waals surface area contributed by atoms with E-state index in [0.717, 1.165) is 37.8 Å². The number of amides is 1. The van der Waals surface area contributed by atoms with Crippen LogP contribution >= 0.6 is 24.0 Å². The number of benzene rings is 1. The Hall–Kier alpha value is -1.71. The van der Waals surface area contributed by atoms with E-state index in [1.807, 2.05) is 18.2 Å². The molecule has 1 aliphatic rings. The maximum Gasteiger partial charge on any atom is 0.223 e. The number of aliphatic imine (C=N–C) groups is 1. The third kappa shape index (κ3) is 5.94. The van der Waals surface area contributed by atoms with Gasteiger partial charge in [-0.1, -0.05) is 12.1 Å². The number of piperazine rings is 1. The number of aromatic hydroxyl groups is 1. The molecule has 140 valence electrons. The molecule has 8 heteroatoms. The lowest BCUT2D eigenvalue weighted by atomic mass is 10.2. The van der Waals surface area contributed by atoms with Gasteiger partial charge < -0.3 is 25.1 Å². The van der Waals surface area contributed by atoms with Gasteiger partial charge in [0.05, 0.1) is 5.69 Å². The number of hydrogen-bond acceptors (Lipinski definition) is 4. The van der Waals surface area contributed by atoms with Crippen molar-refractivity contribution in [2.24, 2.45) is 4.99 Å². The number of halogens is 1. The average Bonchev–Trinajstić information content (AvgIpc) is 2.59. The summed E-state index contributed by atoms with van der Waals surface area (Å²) >= 11 is 0. The molecule has 1 aromatic carbocycles. The Morgan fingerprint density at radius 1 is 1.24 bits per heavy atom. The molecule has 2 rings (SSSR count). The molecule has 0 radical (unpaired) electrons. The molecular weight excluding hydrogens is 433 g/mol. The van der Waals surface area contributed by atoms with E-state index < -0.39 is 0 Å². The second-order valence-corrected chi connectivity index (χ2v) is 5.97. The zero-order valence-corrected chi connectivity index (χ0v) is 17.4. The summed E-state index contributed by atoms with van der Waals surface area (Å²) in [4.78, 5) is 21.9. The van der Waals surface area contributed by atoms with Crippen molar-refractivity contribution in [1.82, 2.24) is 15.1 Å². The van der Waals surface area contributed by atoms with Crippen molar-refractivity contribution in [2.75, 3.05) is 58.8 Å². The third-order valence-electron chi connectivity index (χ3n) is 4.13. The fourth-order valence-corrected chi connectivity index (χ4v) is 2.73. The van der Waals surface area contributed by atoms with Crippen molar-refractivity contribution < 1.29 is 9.90 Å². The highest BCUT2D eigenvalue weighted by Gasteiger charge is 2.21. The minimum Gasteiger partial charge on any atom is -0.506 e. The van der Waals surface area contributed by atoms with Crippen LogP contribution in [0.3, 0.4) is 0 Å². The number of carbonyl (C=O) groups excluding carboxylic acids is 1. The summed E-state index contributed by atoms with van der Waals surface area (Å²) in [6.07, 6.45) is 0.448. The molecule has 1 aromatic rings. The number of hydrogen-bond donors (Lipinski definition) is 2. The first-order valence-corrected chi connectivity index (χ1v) is 8.21. The van der Waals surface area contributed by atoms with E-state index in [9.17, 15) is 9.90 Å². The maximum absolute atomic E-state index is 11.6. The van der Waals surface area contributed by atoms with Gasteiger partial charge in [0, 0.05) is 60.3 Å². The second kappa shape index (κ2) is 10.3. The molecule has 1 fully saturated rings. The van der Waals surface area contributed by atoms with Crippen LogP contribution < -0.4 is 10.2 Å². The van der Waals surface area contributed by atoms with Gasteiger partial charge in [-0.2, -0.15) is 0 Å². The Morgan fingerprint density at radius 3 is 2.44 bits per heavy atom. The number of phenols is 1. The molecule has 1 amide bonds. The summed E-state index contributed by atoms with van der Waals surface area (Å²) in [5.74, 6) is 1.23. The van der Waals surface area contributed by atoms with Gasteiger partial charge in [-0.3, -0.25) is 9.79 Å². The number of nitrogens with zero attached hydrogens (tertiary/aromatic N) is 4. The number of phenolic OH excluding ortho intramolecular Hbond substituents is 1. The van der Waals surface area contributed by atoms with Crippen molar-refractivity contribution in [1.29, 1.82) is 0 Å². The van der Waals surface area contributed by atoms with Gasteiger partial charge in [0.2, 0.25) is 5.91 Å². The Bertz CT molecular complexity index is 586. The summed E-state index contributed by atoms with van der Waals surface area (Å²) in [7, 11) is 5.27. The fourth-order valence-electron chi connectivity index (χ4n) is 2.73. The quantitative estimate of drug-likeness (QED) is 0.401. The van der Waals surface area contributed by atoms with E-state index in [0.29, 0.717) is 18.7 Å². The normalized spacial score (nSPS) is 14.8. The first-order valence-electron chi connectivity index (χ1n) is 8.21. The van der Waals surface area contributed by atoms with Crippen LogP contribution in [0.25, 0.3) is 0 Å². The molecule has 0 saturated carbocycles. The smallest absolute Gasteiger partial charge is 0.223 e. The molecule has 0 unspecified atom stereocenters. The largest absolute Gasteiger partial charge is 0.506 e. The van der Waals surface area contributed by atoms with Crippen LogP contribution in [0.1, 0.15) is 6.42 Å². The van der Waals surface area contributed by atoms with Crippen LogP contribution in [-0.4, -0.2) is 80.6 Å². The number of guanidine groups is 1. The number of nitrogens with one attached hydrogen (secondary N) is 1. The Balaban J connectivity index is 0.00000312. The molecule has 7 nitrogen and oxygen atoms in total. The summed E-state index contributed by atoms with van der Waals surface area (Å²) in [6.45, 7) is 3.83. The monoisotopic (exact) mass is 461 g/mol. The van der Waals surface area contributed by atoms with Gasteiger partial charge in [0.1, 0.15) is 5.75 Å². The predicted molar refractivity (Wildman–Crippen MR) is 112 cm³/mol. The van der Waals surface area contributed by atoms with E-state index >= 15 is 0 Å². The highest BCUT2D eigenvalue weighted by atomic mass is 127. The van der Waals surface area contributed by atoms with Crippen molar-refractivity contribution in [2.45, 2.75) is 6.42 Å². The number of para-hydroxylation sites is 2. The Morgan fingerprint density at radius 2 is 1.88 bits per heavy atom. The molecular formula is C17H28IN5O2.